The van der Waals surface area contributed by atoms with Crippen LogP contribution in [0.15, 0.2) is 30.5 Å². The van der Waals surface area contributed by atoms with Crippen LogP contribution in [0.1, 0.15) is 16.1 Å². The highest BCUT2D eigenvalue weighted by atomic mass is 19.1. The molecule has 76 valence electrons. The number of para-hydroxylation sites is 1. The molecule has 0 saturated carbocycles. The average Bonchev–Trinajstić information content (AvgIpc) is 2.64. The number of hydrogen-bond acceptors (Lipinski definition) is 2. The molecule has 0 fully saturated rings. The summed E-state index contributed by atoms with van der Waals surface area (Å²) in [5, 5.41) is 4.07. The number of aldehydes is 1. The highest BCUT2D eigenvalue weighted by molar-refractivity contribution is 5.80. The van der Waals surface area contributed by atoms with Gasteiger partial charge in [0.05, 0.1) is 5.69 Å². The zero-order chi connectivity index (χ0) is 10.8. The summed E-state index contributed by atoms with van der Waals surface area (Å²) in [6.45, 7) is 1.80. The number of benzene rings is 1. The lowest BCUT2D eigenvalue weighted by molar-refractivity contribution is 0.112. The minimum atomic E-state index is -0.456. The smallest absolute Gasteiger partial charge is 0.152 e. The van der Waals surface area contributed by atoms with Crippen molar-refractivity contribution < 1.29 is 9.18 Å². The number of rotatable bonds is 2. The van der Waals surface area contributed by atoms with Gasteiger partial charge in [0.2, 0.25) is 0 Å². The van der Waals surface area contributed by atoms with Gasteiger partial charge >= 0.3 is 0 Å². The molecule has 15 heavy (non-hydrogen) atoms. The Bertz CT molecular complexity index is 505. The first-order chi connectivity index (χ1) is 7.22. The largest absolute Gasteiger partial charge is 0.298 e. The maximum atomic E-state index is 13.5. The zero-order valence-electron chi connectivity index (χ0n) is 8.14. The third-order valence-corrected chi connectivity index (χ3v) is 2.10. The molecule has 0 aliphatic rings. The van der Waals surface area contributed by atoms with E-state index in [2.05, 4.69) is 5.10 Å². The molecule has 0 saturated heterocycles. The summed E-state index contributed by atoms with van der Waals surface area (Å²) in [7, 11) is 0. The fourth-order valence-corrected chi connectivity index (χ4v) is 1.41. The van der Waals surface area contributed by atoms with Crippen molar-refractivity contribution in [2.24, 2.45) is 0 Å². The fourth-order valence-electron chi connectivity index (χ4n) is 1.41. The van der Waals surface area contributed by atoms with Gasteiger partial charge in [0.1, 0.15) is 11.5 Å². The summed E-state index contributed by atoms with van der Waals surface area (Å²) < 4.78 is 14.9. The molecule has 0 bridgehead atoms. The molecule has 0 atom stereocenters. The summed E-state index contributed by atoms with van der Waals surface area (Å²) in [4.78, 5) is 10.8. The van der Waals surface area contributed by atoms with Crippen LogP contribution in [0.2, 0.25) is 0 Å². The molecule has 0 radical (unpaired) electrons. The second-order valence-corrected chi connectivity index (χ2v) is 3.20. The molecule has 0 spiro atoms. The number of carbonyl (C=O) groups excluding carboxylic acids is 1. The summed E-state index contributed by atoms with van der Waals surface area (Å²) in [6, 6.07) is 6.11. The molecule has 0 aliphatic heterocycles. The zero-order valence-corrected chi connectivity index (χ0v) is 8.14. The van der Waals surface area contributed by atoms with Gasteiger partial charge in [-0.3, -0.25) is 4.79 Å². The van der Waals surface area contributed by atoms with Gasteiger partial charge in [-0.15, -0.1) is 0 Å². The lowest BCUT2D eigenvalue weighted by Gasteiger charge is -2.05. The van der Waals surface area contributed by atoms with E-state index in [9.17, 15) is 9.18 Å². The van der Waals surface area contributed by atoms with Crippen LogP contribution in [0, 0.1) is 12.7 Å². The first-order valence-corrected chi connectivity index (χ1v) is 4.48. The van der Waals surface area contributed by atoms with E-state index in [1.165, 1.54) is 16.8 Å². The van der Waals surface area contributed by atoms with Gasteiger partial charge in [0.25, 0.3) is 0 Å². The summed E-state index contributed by atoms with van der Waals surface area (Å²) in [6.07, 6.45) is 2.25. The first kappa shape index (κ1) is 9.58. The number of nitrogens with zero attached hydrogens (tertiary/aromatic N) is 2. The molecule has 1 aromatic carbocycles. The summed E-state index contributed by atoms with van der Waals surface area (Å²) in [5.41, 5.74) is 1.26. The van der Waals surface area contributed by atoms with Gasteiger partial charge < -0.3 is 0 Å². The van der Waals surface area contributed by atoms with Crippen molar-refractivity contribution in [3.63, 3.8) is 0 Å². The van der Waals surface area contributed by atoms with Gasteiger partial charge in [0, 0.05) is 11.8 Å². The average molecular weight is 204 g/mol. The molecule has 2 rings (SSSR count). The Balaban J connectivity index is 2.65. The lowest BCUT2D eigenvalue weighted by Crippen LogP contribution is -2.03. The Labute approximate surface area is 86.2 Å². The van der Waals surface area contributed by atoms with Crippen molar-refractivity contribution in [3.8, 4) is 5.69 Å². The topological polar surface area (TPSA) is 34.9 Å². The van der Waals surface area contributed by atoms with E-state index < -0.39 is 5.82 Å². The molecule has 1 aromatic heterocycles. The van der Waals surface area contributed by atoms with E-state index in [1.54, 1.807) is 25.3 Å². The number of carbonyl (C=O) groups is 1. The first-order valence-electron chi connectivity index (χ1n) is 4.48. The molecule has 2 aromatic rings. The maximum absolute atomic E-state index is 13.5. The van der Waals surface area contributed by atoms with Crippen molar-refractivity contribution in [3.05, 3.63) is 47.5 Å². The second kappa shape index (κ2) is 3.65. The van der Waals surface area contributed by atoms with E-state index in [0.717, 1.165) is 5.69 Å². The van der Waals surface area contributed by atoms with Crippen LogP contribution in [-0.2, 0) is 0 Å². The van der Waals surface area contributed by atoms with Crippen LogP contribution >= 0.6 is 0 Å². The molecule has 0 aliphatic carbocycles. The quantitative estimate of drug-likeness (QED) is 0.702. The second-order valence-electron chi connectivity index (χ2n) is 3.20. The van der Waals surface area contributed by atoms with Gasteiger partial charge in [0.15, 0.2) is 6.29 Å². The predicted octanol–water partition coefficient (Wildman–Crippen LogP) is 2.13. The molecule has 0 amide bonds. The summed E-state index contributed by atoms with van der Waals surface area (Å²) >= 11 is 0. The van der Waals surface area contributed by atoms with Gasteiger partial charge in [-0.2, -0.15) is 5.10 Å². The van der Waals surface area contributed by atoms with Crippen LogP contribution in [0.5, 0.6) is 0 Å². The van der Waals surface area contributed by atoms with Crippen LogP contribution in [-0.4, -0.2) is 16.1 Å². The monoisotopic (exact) mass is 204 g/mol. The van der Waals surface area contributed by atoms with E-state index in [4.69, 9.17) is 0 Å². The lowest BCUT2D eigenvalue weighted by atomic mass is 10.2. The van der Waals surface area contributed by atoms with Crippen molar-refractivity contribution >= 4 is 6.29 Å². The minimum absolute atomic E-state index is 0.195. The summed E-state index contributed by atoms with van der Waals surface area (Å²) in [5.74, 6) is -0.456. The van der Waals surface area contributed by atoms with E-state index in [0.29, 0.717) is 6.29 Å². The van der Waals surface area contributed by atoms with Gasteiger partial charge in [-0.1, -0.05) is 6.07 Å². The number of aromatic nitrogens is 2. The standard InChI is InChI=1S/C11H9FN2O/c1-8-5-6-14(13-8)11-9(7-15)3-2-4-10(11)12/h2-7H,1H3. The third kappa shape index (κ3) is 1.66. The van der Waals surface area contributed by atoms with Crippen LogP contribution in [0.4, 0.5) is 4.39 Å². The normalized spacial score (nSPS) is 10.3. The van der Waals surface area contributed by atoms with Gasteiger partial charge in [-0.05, 0) is 25.1 Å². The highest BCUT2D eigenvalue weighted by Crippen LogP contribution is 2.16. The Morgan fingerprint density at radius 1 is 1.40 bits per heavy atom. The molecule has 0 unspecified atom stereocenters. The molecule has 3 nitrogen and oxygen atoms in total. The SMILES string of the molecule is Cc1ccn(-c2c(F)cccc2C=O)n1. The Kier molecular flexibility index (Phi) is 2.33. The predicted molar refractivity (Wildman–Crippen MR) is 53.6 cm³/mol. The number of hydrogen-bond donors (Lipinski definition) is 0. The molecular weight excluding hydrogens is 195 g/mol. The maximum Gasteiger partial charge on any atom is 0.152 e. The van der Waals surface area contributed by atoms with Crippen molar-refractivity contribution in [2.45, 2.75) is 6.92 Å². The van der Waals surface area contributed by atoms with Crippen LogP contribution < -0.4 is 0 Å². The number of aryl methyl sites for hydroxylation is 1. The Hall–Kier alpha value is -1.97. The van der Waals surface area contributed by atoms with Crippen molar-refractivity contribution in [1.29, 1.82) is 0 Å². The third-order valence-electron chi connectivity index (χ3n) is 2.10. The molecule has 0 N–H and O–H groups in total. The Morgan fingerprint density at radius 2 is 2.20 bits per heavy atom. The van der Waals surface area contributed by atoms with Gasteiger partial charge in [-0.25, -0.2) is 9.07 Å². The molecular formula is C11H9FN2O. The molecule has 1 heterocycles. The van der Waals surface area contributed by atoms with E-state index in [-0.39, 0.29) is 11.3 Å². The van der Waals surface area contributed by atoms with Crippen LogP contribution in [0.25, 0.3) is 5.69 Å². The van der Waals surface area contributed by atoms with Crippen molar-refractivity contribution in [2.75, 3.05) is 0 Å². The molecule has 4 heteroatoms. The highest BCUT2D eigenvalue weighted by Gasteiger charge is 2.10. The minimum Gasteiger partial charge on any atom is -0.298 e. The fraction of sp³-hybridized carbons (Fsp3) is 0.0909. The number of halogens is 1. The Morgan fingerprint density at radius 3 is 2.80 bits per heavy atom. The van der Waals surface area contributed by atoms with E-state index >= 15 is 0 Å². The van der Waals surface area contributed by atoms with E-state index in [1.807, 2.05) is 0 Å². The van der Waals surface area contributed by atoms with Crippen molar-refractivity contribution in [1.82, 2.24) is 9.78 Å². The van der Waals surface area contributed by atoms with Crippen LogP contribution in [0.3, 0.4) is 0 Å².